The van der Waals surface area contributed by atoms with Gasteiger partial charge in [-0.25, -0.2) is 12.7 Å². The fourth-order valence-corrected chi connectivity index (χ4v) is 3.61. The molecular formula is C19H25N3O4S. The number of nitrogens with one attached hydrogen (secondary N) is 2. The van der Waals surface area contributed by atoms with E-state index < -0.39 is 10.0 Å². The van der Waals surface area contributed by atoms with E-state index in [0.717, 1.165) is 15.6 Å². The number of hydrogen-bond donors (Lipinski definition) is 2. The highest BCUT2D eigenvalue weighted by Gasteiger charge is 2.20. The minimum absolute atomic E-state index is 0.0441. The van der Waals surface area contributed by atoms with Crippen LogP contribution in [0, 0.1) is 6.92 Å². The zero-order chi connectivity index (χ0) is 20.0. The number of carbonyl (C=O) groups excluding carboxylic acids is 1. The molecule has 0 aliphatic rings. The number of carbonyl (C=O) groups is 1. The van der Waals surface area contributed by atoms with Crippen molar-refractivity contribution in [3.63, 3.8) is 0 Å². The first-order chi connectivity index (χ1) is 12.8. The molecule has 146 valence electrons. The van der Waals surface area contributed by atoms with Crippen molar-refractivity contribution in [2.24, 2.45) is 0 Å². The second-order valence-corrected chi connectivity index (χ2v) is 8.35. The zero-order valence-electron chi connectivity index (χ0n) is 15.9. The Morgan fingerprint density at radius 3 is 2.52 bits per heavy atom. The van der Waals surface area contributed by atoms with Crippen LogP contribution < -0.4 is 15.4 Å². The summed E-state index contributed by atoms with van der Waals surface area (Å²) in [6, 6.07) is 12.3. The number of ether oxygens (including phenoxy) is 1. The Balaban J connectivity index is 2.02. The average Bonchev–Trinajstić information content (AvgIpc) is 2.64. The Labute approximate surface area is 160 Å². The van der Waals surface area contributed by atoms with E-state index >= 15 is 0 Å². The van der Waals surface area contributed by atoms with Crippen LogP contribution in [0.25, 0.3) is 0 Å². The number of anilines is 1. The Bertz CT molecular complexity index is 911. The van der Waals surface area contributed by atoms with Crippen molar-refractivity contribution in [1.82, 2.24) is 9.62 Å². The van der Waals surface area contributed by atoms with Crippen molar-refractivity contribution in [2.75, 3.05) is 33.1 Å². The minimum atomic E-state index is -3.57. The van der Waals surface area contributed by atoms with E-state index in [1.807, 2.05) is 25.1 Å². The van der Waals surface area contributed by atoms with Crippen molar-refractivity contribution in [1.29, 1.82) is 0 Å². The SMILES string of the molecule is COc1ccc(C)cc1NCC(=O)NCc1ccccc1S(=O)(=O)N(C)C. The lowest BCUT2D eigenvalue weighted by molar-refractivity contribution is -0.119. The van der Waals surface area contributed by atoms with Gasteiger partial charge in [-0.15, -0.1) is 0 Å². The van der Waals surface area contributed by atoms with E-state index in [1.54, 1.807) is 25.3 Å². The highest BCUT2D eigenvalue weighted by Crippen LogP contribution is 2.24. The van der Waals surface area contributed by atoms with Crippen LogP contribution in [-0.2, 0) is 21.4 Å². The second kappa shape index (κ2) is 8.88. The molecule has 0 spiro atoms. The van der Waals surface area contributed by atoms with E-state index in [1.165, 1.54) is 20.2 Å². The zero-order valence-corrected chi connectivity index (χ0v) is 16.8. The van der Waals surface area contributed by atoms with E-state index in [9.17, 15) is 13.2 Å². The van der Waals surface area contributed by atoms with Crippen LogP contribution in [0.5, 0.6) is 5.75 Å². The third kappa shape index (κ3) is 5.21. The van der Waals surface area contributed by atoms with E-state index in [0.29, 0.717) is 11.3 Å². The van der Waals surface area contributed by atoms with Gasteiger partial charge in [-0.2, -0.15) is 0 Å². The molecule has 0 aromatic heterocycles. The van der Waals surface area contributed by atoms with Crippen LogP contribution >= 0.6 is 0 Å². The summed E-state index contributed by atoms with van der Waals surface area (Å²) < 4.78 is 31.2. The summed E-state index contributed by atoms with van der Waals surface area (Å²) in [5.74, 6) is 0.395. The van der Waals surface area contributed by atoms with Gasteiger partial charge in [0.1, 0.15) is 5.75 Å². The van der Waals surface area contributed by atoms with Crippen LogP contribution in [0.3, 0.4) is 0 Å². The summed E-state index contributed by atoms with van der Waals surface area (Å²) >= 11 is 0. The Morgan fingerprint density at radius 1 is 1.15 bits per heavy atom. The van der Waals surface area contributed by atoms with Gasteiger partial charge < -0.3 is 15.4 Å². The molecule has 2 N–H and O–H groups in total. The van der Waals surface area contributed by atoms with Gasteiger partial charge in [-0.05, 0) is 36.2 Å². The summed E-state index contributed by atoms with van der Waals surface area (Å²) in [6.45, 7) is 2.12. The lowest BCUT2D eigenvalue weighted by Crippen LogP contribution is -2.31. The molecule has 7 nitrogen and oxygen atoms in total. The molecule has 0 heterocycles. The minimum Gasteiger partial charge on any atom is -0.495 e. The van der Waals surface area contributed by atoms with E-state index in [4.69, 9.17) is 4.74 Å². The first kappa shape index (κ1) is 20.7. The van der Waals surface area contributed by atoms with Crippen LogP contribution in [-0.4, -0.2) is 46.4 Å². The fraction of sp³-hybridized carbons (Fsp3) is 0.316. The number of nitrogens with zero attached hydrogens (tertiary/aromatic N) is 1. The Hall–Kier alpha value is -2.58. The monoisotopic (exact) mass is 391 g/mol. The smallest absolute Gasteiger partial charge is 0.242 e. The normalized spacial score (nSPS) is 11.3. The Kier molecular flexibility index (Phi) is 6.81. The molecule has 2 aromatic rings. The number of methoxy groups -OCH3 is 1. The molecule has 8 heteroatoms. The summed E-state index contributed by atoms with van der Waals surface area (Å²) in [4.78, 5) is 12.4. The standard InChI is InChI=1S/C19H25N3O4S/c1-14-9-10-17(26-4)16(11-14)20-13-19(23)21-12-15-7-5-6-8-18(15)27(24,25)22(2)3/h5-11,20H,12-13H2,1-4H3,(H,21,23). The number of benzene rings is 2. The van der Waals surface area contributed by atoms with Gasteiger partial charge in [0.15, 0.2) is 0 Å². The molecule has 0 saturated carbocycles. The van der Waals surface area contributed by atoms with Crippen molar-refractivity contribution in [3.05, 3.63) is 53.6 Å². The van der Waals surface area contributed by atoms with Gasteiger partial charge >= 0.3 is 0 Å². The summed E-state index contributed by atoms with van der Waals surface area (Å²) in [5.41, 5.74) is 2.30. The molecule has 0 atom stereocenters. The van der Waals surface area contributed by atoms with Gasteiger partial charge in [0.05, 0.1) is 24.2 Å². The number of aryl methyl sites for hydroxylation is 1. The number of sulfonamides is 1. The summed E-state index contributed by atoms with van der Waals surface area (Å²) in [5, 5.41) is 5.79. The highest BCUT2D eigenvalue weighted by atomic mass is 32.2. The quantitative estimate of drug-likeness (QED) is 0.718. The van der Waals surface area contributed by atoms with E-state index in [-0.39, 0.29) is 23.9 Å². The molecule has 27 heavy (non-hydrogen) atoms. The van der Waals surface area contributed by atoms with Crippen molar-refractivity contribution < 1.29 is 17.9 Å². The van der Waals surface area contributed by atoms with Gasteiger partial charge in [0, 0.05) is 20.6 Å². The molecular weight excluding hydrogens is 366 g/mol. The summed E-state index contributed by atoms with van der Waals surface area (Å²) in [7, 11) is 0.945. The maximum atomic E-state index is 12.4. The van der Waals surface area contributed by atoms with Gasteiger partial charge in [0.25, 0.3) is 0 Å². The topological polar surface area (TPSA) is 87.7 Å². The van der Waals surface area contributed by atoms with Gasteiger partial charge in [-0.1, -0.05) is 24.3 Å². The third-order valence-electron chi connectivity index (χ3n) is 4.00. The van der Waals surface area contributed by atoms with Crippen LogP contribution in [0.2, 0.25) is 0 Å². The van der Waals surface area contributed by atoms with Crippen molar-refractivity contribution in [3.8, 4) is 5.75 Å². The second-order valence-electron chi connectivity index (χ2n) is 6.23. The molecule has 0 fully saturated rings. The molecule has 0 aliphatic heterocycles. The molecule has 2 aromatic carbocycles. The first-order valence-electron chi connectivity index (χ1n) is 8.41. The van der Waals surface area contributed by atoms with Crippen LogP contribution in [0.15, 0.2) is 47.4 Å². The molecule has 0 radical (unpaired) electrons. The van der Waals surface area contributed by atoms with Crippen LogP contribution in [0.1, 0.15) is 11.1 Å². The highest BCUT2D eigenvalue weighted by molar-refractivity contribution is 7.89. The lowest BCUT2D eigenvalue weighted by atomic mass is 10.2. The Morgan fingerprint density at radius 2 is 1.85 bits per heavy atom. The first-order valence-corrected chi connectivity index (χ1v) is 9.85. The van der Waals surface area contributed by atoms with Crippen molar-refractivity contribution >= 4 is 21.6 Å². The van der Waals surface area contributed by atoms with E-state index in [2.05, 4.69) is 10.6 Å². The molecule has 0 bridgehead atoms. The average molecular weight is 391 g/mol. The fourth-order valence-electron chi connectivity index (χ4n) is 2.49. The molecule has 0 aliphatic carbocycles. The largest absolute Gasteiger partial charge is 0.495 e. The van der Waals surface area contributed by atoms with Gasteiger partial charge in [0.2, 0.25) is 15.9 Å². The molecule has 0 unspecified atom stereocenters. The lowest BCUT2D eigenvalue weighted by Gasteiger charge is -2.16. The number of hydrogen-bond acceptors (Lipinski definition) is 5. The maximum Gasteiger partial charge on any atom is 0.242 e. The maximum absolute atomic E-state index is 12.4. The predicted molar refractivity (Wildman–Crippen MR) is 105 cm³/mol. The predicted octanol–water partition coefficient (Wildman–Crippen LogP) is 1.98. The van der Waals surface area contributed by atoms with Gasteiger partial charge in [-0.3, -0.25) is 4.79 Å². The summed E-state index contributed by atoms with van der Waals surface area (Å²) in [6.07, 6.45) is 0. The molecule has 2 rings (SSSR count). The molecule has 1 amide bonds. The van der Waals surface area contributed by atoms with Crippen LogP contribution in [0.4, 0.5) is 5.69 Å². The number of rotatable bonds is 8. The van der Waals surface area contributed by atoms with Crippen molar-refractivity contribution in [2.45, 2.75) is 18.4 Å². The molecule has 0 saturated heterocycles. The third-order valence-corrected chi connectivity index (χ3v) is 5.92. The number of amides is 1.